The van der Waals surface area contributed by atoms with E-state index in [9.17, 15) is 10.0 Å². The van der Waals surface area contributed by atoms with Gasteiger partial charge in [0.1, 0.15) is 6.04 Å². The van der Waals surface area contributed by atoms with Crippen LogP contribution < -0.4 is 5.73 Å². The Bertz CT molecular complexity index is 279. The van der Waals surface area contributed by atoms with Crippen LogP contribution in [0, 0.1) is 11.1 Å². The fraction of sp³-hybridized carbons (Fsp3) is 0.900. The number of nitrogens with zero attached hydrogens (tertiary/aromatic N) is 3. The fourth-order valence-electron chi connectivity index (χ4n) is 1.04. The molecule has 0 amide bonds. The largest absolute Gasteiger partial charge is 0.569 e. The van der Waals surface area contributed by atoms with Gasteiger partial charge in [-0.1, -0.05) is 13.8 Å². The zero-order valence-corrected chi connectivity index (χ0v) is 11.3. The van der Waals surface area contributed by atoms with E-state index >= 15 is 0 Å². The summed E-state index contributed by atoms with van der Waals surface area (Å²) in [6.07, 6.45) is 0. The molecule has 0 fully saturated rings. The lowest BCUT2D eigenvalue weighted by Gasteiger charge is -2.14. The first-order valence-electron chi connectivity index (χ1n) is 5.91. The van der Waals surface area contributed by atoms with E-state index in [2.05, 4.69) is 10.1 Å². The molecular weight excluding hydrogens is 240 g/mol. The molecule has 0 radical (unpaired) electrons. The molecule has 8 nitrogen and oxygen atoms in total. The summed E-state index contributed by atoms with van der Waals surface area (Å²) in [5, 5.41) is 15.9. The van der Waals surface area contributed by atoms with E-state index in [-0.39, 0.29) is 5.92 Å². The first-order chi connectivity index (χ1) is 8.43. The smallest absolute Gasteiger partial charge is 0.326 e. The lowest BCUT2D eigenvalue weighted by atomic mass is 10.1. The Morgan fingerprint density at radius 1 is 1.44 bits per heavy atom. The van der Waals surface area contributed by atoms with Crippen LogP contribution in [0.25, 0.3) is 0 Å². The van der Waals surface area contributed by atoms with Gasteiger partial charge >= 0.3 is 5.97 Å². The van der Waals surface area contributed by atoms with Crippen molar-refractivity contribution >= 4 is 5.97 Å². The summed E-state index contributed by atoms with van der Waals surface area (Å²) in [7, 11) is 0. The summed E-state index contributed by atoms with van der Waals surface area (Å²) in [6.45, 7) is 7.81. The topological polar surface area (TPSA) is 103 Å². The van der Waals surface area contributed by atoms with Crippen molar-refractivity contribution in [3.8, 4) is 0 Å². The molecule has 0 aliphatic carbocycles. The summed E-state index contributed by atoms with van der Waals surface area (Å²) in [5.41, 5.74) is 5.55. The van der Waals surface area contributed by atoms with Crippen LogP contribution >= 0.6 is 0 Å². The second kappa shape index (κ2) is 8.51. The molecule has 0 rings (SSSR count). The van der Waals surface area contributed by atoms with Crippen molar-refractivity contribution in [1.82, 2.24) is 5.01 Å². The Morgan fingerprint density at radius 2 is 2.00 bits per heavy atom. The van der Waals surface area contributed by atoms with E-state index in [1.165, 1.54) is 5.01 Å². The summed E-state index contributed by atoms with van der Waals surface area (Å²) in [6, 6.07) is -0.709. The minimum absolute atomic E-state index is 0.0267. The SMILES string of the molecule is CCN(CC)/[N+]([O-])=N\OCOC(=O)[C@@H](N)C(C)C. The molecule has 0 heterocycles. The zero-order valence-electron chi connectivity index (χ0n) is 11.3. The highest BCUT2D eigenvalue weighted by molar-refractivity contribution is 5.75. The van der Waals surface area contributed by atoms with E-state index in [0.29, 0.717) is 18.1 Å². The minimum atomic E-state index is -0.709. The average molecular weight is 262 g/mol. The second-order valence-electron chi connectivity index (χ2n) is 3.95. The van der Waals surface area contributed by atoms with Crippen LogP contribution in [0.1, 0.15) is 27.7 Å². The van der Waals surface area contributed by atoms with E-state index in [1.807, 2.05) is 13.8 Å². The Labute approximate surface area is 107 Å². The third-order valence-electron chi connectivity index (χ3n) is 2.34. The van der Waals surface area contributed by atoms with Crippen LogP contribution in [-0.4, -0.2) is 41.9 Å². The molecule has 0 aromatic carbocycles. The Balaban J connectivity index is 3.99. The van der Waals surface area contributed by atoms with E-state index in [0.717, 1.165) is 0 Å². The summed E-state index contributed by atoms with van der Waals surface area (Å²) >= 11 is 0. The molecule has 0 aliphatic heterocycles. The lowest BCUT2D eigenvalue weighted by Crippen LogP contribution is -2.37. The predicted octanol–water partition coefficient (Wildman–Crippen LogP) is 0.621. The average Bonchev–Trinajstić information content (AvgIpc) is 2.34. The molecule has 2 N–H and O–H groups in total. The van der Waals surface area contributed by atoms with Gasteiger partial charge in [-0.3, -0.25) is 4.79 Å². The normalized spacial score (nSPS) is 13.3. The van der Waals surface area contributed by atoms with Gasteiger partial charge in [-0.2, -0.15) is 0 Å². The van der Waals surface area contributed by atoms with E-state index in [4.69, 9.17) is 10.5 Å². The molecule has 18 heavy (non-hydrogen) atoms. The molecule has 1 atom stereocenters. The Hall–Kier alpha value is -1.57. The number of carbonyl (C=O) groups excluding carboxylic acids is 1. The first-order valence-corrected chi connectivity index (χ1v) is 5.91. The number of hydrazine groups is 1. The number of esters is 1. The predicted molar refractivity (Wildman–Crippen MR) is 63.8 cm³/mol. The highest BCUT2D eigenvalue weighted by atomic mass is 16.8. The molecule has 0 saturated heterocycles. The van der Waals surface area contributed by atoms with Gasteiger partial charge in [0.05, 0.1) is 18.1 Å². The fourth-order valence-corrected chi connectivity index (χ4v) is 1.04. The Kier molecular flexibility index (Phi) is 7.77. The molecule has 0 aliphatic rings. The number of nitrogens with two attached hydrogens (primary N) is 1. The quantitative estimate of drug-likeness (QED) is 0.172. The van der Waals surface area contributed by atoms with E-state index in [1.54, 1.807) is 13.8 Å². The maximum Gasteiger partial charge on any atom is 0.326 e. The van der Waals surface area contributed by atoms with Gasteiger partial charge < -0.3 is 20.5 Å². The number of rotatable bonds is 8. The molecule has 0 unspecified atom stereocenters. The summed E-state index contributed by atoms with van der Waals surface area (Å²) in [4.78, 5) is 16.2. The lowest BCUT2D eigenvalue weighted by molar-refractivity contribution is -0.710. The number of carbonyl (C=O) groups is 1. The van der Waals surface area contributed by atoms with Gasteiger partial charge in [-0.05, 0) is 19.8 Å². The highest BCUT2D eigenvalue weighted by Crippen LogP contribution is 2.00. The van der Waals surface area contributed by atoms with Crippen LogP contribution in [0.3, 0.4) is 0 Å². The van der Waals surface area contributed by atoms with Gasteiger partial charge in [0.15, 0.2) is 0 Å². The summed E-state index contributed by atoms with van der Waals surface area (Å²) < 4.78 is 4.70. The third kappa shape index (κ3) is 5.67. The monoisotopic (exact) mass is 262 g/mol. The Morgan fingerprint density at radius 3 is 2.44 bits per heavy atom. The van der Waals surface area contributed by atoms with Crippen LogP contribution in [0.5, 0.6) is 0 Å². The van der Waals surface area contributed by atoms with E-state index < -0.39 is 18.8 Å². The number of ether oxygens (including phenoxy) is 1. The molecule has 106 valence electrons. The van der Waals surface area contributed by atoms with Gasteiger partial charge in [-0.15, -0.1) is 5.01 Å². The maximum atomic E-state index is 11.3. The van der Waals surface area contributed by atoms with Crippen molar-refractivity contribution in [3.05, 3.63) is 5.21 Å². The molecular formula is C10H22N4O4. The van der Waals surface area contributed by atoms with Crippen molar-refractivity contribution < 1.29 is 19.3 Å². The van der Waals surface area contributed by atoms with Crippen molar-refractivity contribution in [2.75, 3.05) is 19.9 Å². The van der Waals surface area contributed by atoms with Gasteiger partial charge in [0, 0.05) is 0 Å². The molecule has 8 heteroatoms. The van der Waals surface area contributed by atoms with Crippen LogP contribution in [0.2, 0.25) is 0 Å². The molecule has 0 spiro atoms. The van der Waals surface area contributed by atoms with Crippen LogP contribution in [0.4, 0.5) is 0 Å². The zero-order chi connectivity index (χ0) is 14.1. The minimum Gasteiger partial charge on any atom is -0.569 e. The van der Waals surface area contributed by atoms with Gasteiger partial charge in [0.25, 0.3) is 6.79 Å². The van der Waals surface area contributed by atoms with Crippen molar-refractivity contribution in [1.29, 1.82) is 0 Å². The molecule has 0 saturated carbocycles. The van der Waals surface area contributed by atoms with Crippen LogP contribution in [-0.2, 0) is 14.4 Å². The highest BCUT2D eigenvalue weighted by Gasteiger charge is 2.18. The molecule has 0 aromatic rings. The molecule has 0 bridgehead atoms. The maximum absolute atomic E-state index is 11.3. The summed E-state index contributed by atoms with van der Waals surface area (Å²) in [5.74, 6) is -0.610. The van der Waals surface area contributed by atoms with Crippen molar-refractivity contribution in [2.45, 2.75) is 33.7 Å². The second-order valence-corrected chi connectivity index (χ2v) is 3.95. The first kappa shape index (κ1) is 16.4. The van der Waals surface area contributed by atoms with Crippen molar-refractivity contribution in [2.24, 2.45) is 16.9 Å². The third-order valence-corrected chi connectivity index (χ3v) is 2.34. The van der Waals surface area contributed by atoms with Crippen LogP contribution in [0.15, 0.2) is 5.28 Å². The van der Waals surface area contributed by atoms with Crippen molar-refractivity contribution in [3.63, 3.8) is 0 Å². The van der Waals surface area contributed by atoms with Gasteiger partial charge in [-0.25, -0.2) is 0 Å². The number of hydrogen-bond donors (Lipinski definition) is 1. The van der Waals surface area contributed by atoms with Gasteiger partial charge in [0.2, 0.25) is 5.28 Å². The molecule has 0 aromatic heterocycles. The number of hydrogen-bond acceptors (Lipinski definition) is 6. The standard InChI is InChI=1S/C10H22N4O4/c1-5-13(6-2)14(16)12-18-7-17-10(15)9(11)8(3)4/h8-9H,5-7,11H2,1-4H3/b14-12+/t9-/m0/s1.